The third-order valence-corrected chi connectivity index (χ3v) is 8.87. The predicted octanol–water partition coefficient (Wildman–Crippen LogP) is 3.56. The number of hydrogen-bond acceptors (Lipinski definition) is 11. The number of carbonyl (C=O) groups is 3. The number of halogens is 1. The molecule has 0 saturated carbocycles. The Morgan fingerprint density at radius 3 is 2.67 bits per heavy atom. The maximum atomic E-state index is 13.1. The summed E-state index contributed by atoms with van der Waals surface area (Å²) in [6.45, 7) is 5.29. The molecule has 1 aromatic carbocycles. The Labute approximate surface area is 261 Å². The van der Waals surface area contributed by atoms with Gasteiger partial charge in [0.05, 0.1) is 42.5 Å². The number of ketones is 1. The van der Waals surface area contributed by atoms with Crippen LogP contribution in [-0.2, 0) is 14.3 Å². The van der Waals surface area contributed by atoms with E-state index in [-0.39, 0.29) is 18.2 Å². The average Bonchev–Trinajstić information content (AvgIpc) is 3.00. The van der Waals surface area contributed by atoms with Crippen LogP contribution in [-0.4, -0.2) is 101 Å². The number of hydrogen-bond donors (Lipinski definition) is 2. The molecule has 0 radical (unpaired) electrons. The average molecular weight is 671 g/mol. The van der Waals surface area contributed by atoms with Crippen molar-refractivity contribution in [3.05, 3.63) is 57.7 Å². The summed E-state index contributed by atoms with van der Waals surface area (Å²) in [4.78, 5) is 50.8. The summed E-state index contributed by atoms with van der Waals surface area (Å²) in [5, 5.41) is 14.8. The van der Waals surface area contributed by atoms with Crippen molar-refractivity contribution in [2.24, 2.45) is 0 Å². The van der Waals surface area contributed by atoms with Crippen molar-refractivity contribution in [1.82, 2.24) is 19.8 Å². The Kier molecular flexibility index (Phi) is 10.1. The van der Waals surface area contributed by atoms with Crippen molar-refractivity contribution in [2.75, 3.05) is 64.1 Å². The van der Waals surface area contributed by atoms with Crippen molar-refractivity contribution < 1.29 is 29.0 Å². The molecule has 0 aliphatic carbocycles. The highest BCUT2D eigenvalue weighted by Gasteiger charge is 2.26. The minimum atomic E-state index is -0.817. The number of pyridine rings is 2. The lowest BCUT2D eigenvalue weighted by molar-refractivity contribution is -0.137. The van der Waals surface area contributed by atoms with Gasteiger partial charge in [-0.25, -0.2) is 14.8 Å². The van der Waals surface area contributed by atoms with E-state index in [0.29, 0.717) is 78.0 Å². The van der Waals surface area contributed by atoms with Gasteiger partial charge in [0.2, 0.25) is 11.8 Å². The fourth-order valence-corrected chi connectivity index (χ4v) is 6.53. The summed E-state index contributed by atoms with van der Waals surface area (Å²) in [5.74, 6) is 0.487. The second-order valence-electron chi connectivity index (χ2n) is 10.1. The lowest BCUT2D eigenvalue weighted by atomic mass is 9.99. The number of aliphatic hydroxyl groups excluding tert-OH is 1. The SMILES string of the molecule is CCOC(=O)/C=C/c1ccc(C(O)CN2CCN(CC(=O)c3nc4c(cc3Br)SCC(=O)N4)CC2)c2nc(OC)ccc12. The zero-order valence-electron chi connectivity index (χ0n) is 23.8. The molecule has 1 saturated heterocycles. The molecule has 1 atom stereocenters. The summed E-state index contributed by atoms with van der Waals surface area (Å²) in [7, 11) is 1.54. The monoisotopic (exact) mass is 669 g/mol. The number of rotatable bonds is 10. The van der Waals surface area contributed by atoms with Gasteiger partial charge in [0, 0.05) is 60.3 Å². The van der Waals surface area contributed by atoms with Gasteiger partial charge in [-0.2, -0.15) is 0 Å². The van der Waals surface area contributed by atoms with Gasteiger partial charge in [-0.3, -0.25) is 19.4 Å². The molecule has 1 fully saturated rings. The van der Waals surface area contributed by atoms with E-state index in [2.05, 4.69) is 41.0 Å². The molecule has 1 unspecified atom stereocenters. The number of aromatic nitrogens is 2. The van der Waals surface area contributed by atoms with E-state index >= 15 is 0 Å². The Hall–Kier alpha value is -3.36. The number of anilines is 1. The summed E-state index contributed by atoms with van der Waals surface area (Å²) >= 11 is 4.86. The molecule has 5 rings (SSSR count). The Balaban J connectivity index is 1.23. The zero-order valence-corrected chi connectivity index (χ0v) is 26.2. The number of Topliss-reactive ketones (excluding diaryl/α,β-unsaturated/α-hetero) is 1. The molecule has 2 N–H and O–H groups in total. The summed E-state index contributed by atoms with van der Waals surface area (Å²) in [5.41, 5.74) is 2.33. The third kappa shape index (κ3) is 7.42. The van der Waals surface area contributed by atoms with Crippen molar-refractivity contribution in [1.29, 1.82) is 0 Å². The molecule has 226 valence electrons. The number of nitrogens with one attached hydrogen (secondary N) is 1. The molecule has 0 spiro atoms. The van der Waals surface area contributed by atoms with Crippen LogP contribution in [0.4, 0.5) is 5.82 Å². The maximum Gasteiger partial charge on any atom is 0.330 e. The van der Waals surface area contributed by atoms with Crippen molar-refractivity contribution >= 4 is 68.1 Å². The Morgan fingerprint density at radius 1 is 1.16 bits per heavy atom. The lowest BCUT2D eigenvalue weighted by Crippen LogP contribution is -2.48. The van der Waals surface area contributed by atoms with Crippen molar-refractivity contribution in [2.45, 2.75) is 17.9 Å². The predicted molar refractivity (Wildman–Crippen MR) is 167 cm³/mol. The van der Waals surface area contributed by atoms with Gasteiger partial charge in [-0.1, -0.05) is 12.1 Å². The fourth-order valence-electron chi connectivity index (χ4n) is 5.05. The largest absolute Gasteiger partial charge is 0.481 e. The number of aliphatic hydroxyl groups is 1. The number of piperazine rings is 1. The number of β-amino-alcohol motifs (C(OH)–C–C–N with tert-alkyl or cyclic N) is 1. The number of ether oxygens (including phenoxy) is 2. The molecule has 2 aliphatic heterocycles. The quantitative estimate of drug-likeness (QED) is 0.186. The van der Waals surface area contributed by atoms with Crippen LogP contribution in [0, 0.1) is 0 Å². The number of fused-ring (bicyclic) bond motifs is 2. The van der Waals surface area contributed by atoms with E-state index in [0.717, 1.165) is 15.8 Å². The van der Waals surface area contributed by atoms with E-state index in [1.54, 1.807) is 19.1 Å². The van der Waals surface area contributed by atoms with E-state index in [4.69, 9.17) is 9.47 Å². The Morgan fingerprint density at radius 2 is 1.93 bits per heavy atom. The molecular weight excluding hydrogens is 638 g/mol. The summed E-state index contributed by atoms with van der Waals surface area (Å²) in [6, 6.07) is 9.11. The molecule has 2 aromatic heterocycles. The van der Waals surface area contributed by atoms with Gasteiger partial charge in [-0.05, 0) is 46.6 Å². The van der Waals surface area contributed by atoms with E-state index in [1.807, 2.05) is 24.3 Å². The smallest absolute Gasteiger partial charge is 0.330 e. The number of methoxy groups -OCH3 is 1. The lowest BCUT2D eigenvalue weighted by Gasteiger charge is -2.35. The number of benzene rings is 1. The molecule has 11 nitrogen and oxygen atoms in total. The first-order chi connectivity index (χ1) is 20.7. The van der Waals surface area contributed by atoms with Crippen LogP contribution in [0.5, 0.6) is 5.88 Å². The number of amides is 1. The number of nitrogens with zero attached hydrogens (tertiary/aromatic N) is 4. The van der Waals surface area contributed by atoms with Crippen LogP contribution in [0.3, 0.4) is 0 Å². The highest BCUT2D eigenvalue weighted by Crippen LogP contribution is 2.34. The number of thioether (sulfide) groups is 1. The molecule has 3 aromatic rings. The highest BCUT2D eigenvalue weighted by molar-refractivity contribution is 9.10. The van der Waals surface area contributed by atoms with Crippen molar-refractivity contribution in [3.63, 3.8) is 0 Å². The van der Waals surface area contributed by atoms with Gasteiger partial charge in [0.25, 0.3) is 0 Å². The first-order valence-electron chi connectivity index (χ1n) is 13.9. The molecule has 4 heterocycles. The molecule has 13 heteroatoms. The fraction of sp³-hybridized carbons (Fsp3) is 0.367. The van der Waals surface area contributed by atoms with Gasteiger partial charge in [-0.15, -0.1) is 11.8 Å². The number of esters is 1. The second-order valence-corrected chi connectivity index (χ2v) is 12.0. The van der Waals surface area contributed by atoms with Crippen molar-refractivity contribution in [3.8, 4) is 5.88 Å². The first kappa shape index (κ1) is 31.1. The summed E-state index contributed by atoms with van der Waals surface area (Å²) in [6.07, 6.45) is 2.24. The van der Waals surface area contributed by atoms with Gasteiger partial charge in [0.1, 0.15) is 11.5 Å². The second kappa shape index (κ2) is 14.0. The molecular formula is C30H32BrN5O6S. The standard InChI is InChI=1S/C30H32BrN5O6S/c1-3-42-27(40)9-5-18-4-6-20(28-19(18)7-8-26(33-28)41-2)22(37)15-35-10-12-36(13-11-35)16-23(38)29-21(31)14-24-30(34-29)32-25(39)17-43-24/h4-9,14,22,37H,3,10-13,15-17H2,1-2H3,(H,32,34,39)/b9-5+. The van der Waals surface area contributed by atoms with Gasteiger partial charge >= 0.3 is 5.97 Å². The molecule has 43 heavy (non-hydrogen) atoms. The molecule has 0 bridgehead atoms. The van der Waals surface area contributed by atoms with Crippen LogP contribution in [0.2, 0.25) is 0 Å². The normalized spacial score (nSPS) is 16.6. The third-order valence-electron chi connectivity index (χ3n) is 7.24. The molecule has 1 amide bonds. The minimum Gasteiger partial charge on any atom is -0.481 e. The first-order valence-corrected chi connectivity index (χ1v) is 15.6. The van der Waals surface area contributed by atoms with E-state index < -0.39 is 12.1 Å². The van der Waals surface area contributed by atoms with Crippen LogP contribution < -0.4 is 10.1 Å². The summed E-state index contributed by atoms with van der Waals surface area (Å²) < 4.78 is 10.9. The van der Waals surface area contributed by atoms with Crippen LogP contribution in [0.1, 0.15) is 34.6 Å². The number of carbonyl (C=O) groups excluding carboxylic acids is 3. The van der Waals surface area contributed by atoms with Crippen LogP contribution >= 0.6 is 27.7 Å². The van der Waals surface area contributed by atoms with E-state index in [1.165, 1.54) is 24.9 Å². The molecule has 2 aliphatic rings. The topological polar surface area (TPSA) is 134 Å². The van der Waals surface area contributed by atoms with Gasteiger partial charge < -0.3 is 19.9 Å². The Bertz CT molecular complexity index is 1580. The maximum absolute atomic E-state index is 13.1. The van der Waals surface area contributed by atoms with Crippen LogP contribution in [0.15, 0.2) is 45.8 Å². The van der Waals surface area contributed by atoms with Gasteiger partial charge in [0.15, 0.2) is 5.78 Å². The van der Waals surface area contributed by atoms with E-state index in [9.17, 15) is 19.5 Å². The highest BCUT2D eigenvalue weighted by atomic mass is 79.9. The zero-order chi connectivity index (χ0) is 30.5. The minimum absolute atomic E-state index is 0.128. The van der Waals surface area contributed by atoms with Crippen LogP contribution in [0.25, 0.3) is 17.0 Å².